The molecule has 136 valence electrons. The second-order valence-corrected chi connectivity index (χ2v) is 5.14. The van der Waals surface area contributed by atoms with Gasteiger partial charge in [0.1, 0.15) is 12.4 Å². The zero-order chi connectivity index (χ0) is 18.8. The molecule has 0 saturated heterocycles. The molecule has 2 aromatic rings. The van der Waals surface area contributed by atoms with Crippen molar-refractivity contribution in [1.82, 2.24) is 5.43 Å². The lowest BCUT2D eigenvalue weighted by Gasteiger charge is -2.12. The fourth-order valence-corrected chi connectivity index (χ4v) is 2.18. The van der Waals surface area contributed by atoms with Gasteiger partial charge in [0, 0.05) is 11.1 Å². The van der Waals surface area contributed by atoms with Crippen molar-refractivity contribution >= 4 is 12.1 Å². The fourth-order valence-electron chi connectivity index (χ4n) is 2.18. The molecule has 0 heterocycles. The van der Waals surface area contributed by atoms with Crippen LogP contribution in [-0.4, -0.2) is 32.4 Å². The third kappa shape index (κ3) is 5.11. The summed E-state index contributed by atoms with van der Waals surface area (Å²) >= 11 is 0. The zero-order valence-electron chi connectivity index (χ0n) is 14.9. The number of nitrogens with one attached hydrogen (secondary N) is 1. The lowest BCUT2D eigenvalue weighted by atomic mass is 10.2. The molecule has 2 aromatic carbocycles. The van der Waals surface area contributed by atoms with Gasteiger partial charge in [0.15, 0.2) is 11.5 Å². The second-order valence-electron chi connectivity index (χ2n) is 5.14. The molecule has 0 radical (unpaired) electrons. The highest BCUT2D eigenvalue weighted by Crippen LogP contribution is 2.28. The molecule has 0 aliphatic carbocycles. The minimum Gasteiger partial charge on any atom is -0.496 e. The van der Waals surface area contributed by atoms with E-state index in [1.54, 1.807) is 31.4 Å². The van der Waals surface area contributed by atoms with Gasteiger partial charge in [0.25, 0.3) is 5.91 Å². The Labute approximate surface area is 153 Å². The number of carbonyl (C=O) groups is 1. The highest BCUT2D eigenvalue weighted by atomic mass is 16.5. The quantitative estimate of drug-likeness (QED) is 0.426. The van der Waals surface area contributed by atoms with Gasteiger partial charge in [-0.05, 0) is 37.3 Å². The van der Waals surface area contributed by atoms with E-state index in [4.69, 9.17) is 14.2 Å². The van der Waals surface area contributed by atoms with Crippen LogP contribution in [0.2, 0.25) is 0 Å². The molecule has 0 aliphatic heterocycles. The average Bonchev–Trinajstić information content (AvgIpc) is 2.67. The number of hydrogen-bond acceptors (Lipinski definition) is 5. The summed E-state index contributed by atoms with van der Waals surface area (Å²) in [5, 5.41) is 3.98. The van der Waals surface area contributed by atoms with E-state index < -0.39 is 0 Å². The molecule has 0 aromatic heterocycles. The first-order chi connectivity index (χ1) is 12.7. The smallest absolute Gasteiger partial charge is 0.271 e. The van der Waals surface area contributed by atoms with Crippen LogP contribution in [0.3, 0.4) is 0 Å². The number of hydrazone groups is 1. The number of benzene rings is 2. The lowest BCUT2D eigenvalue weighted by Crippen LogP contribution is -2.17. The molecule has 0 fully saturated rings. The Balaban J connectivity index is 2.10. The lowest BCUT2D eigenvalue weighted by molar-refractivity contribution is 0.0954. The zero-order valence-corrected chi connectivity index (χ0v) is 14.9. The van der Waals surface area contributed by atoms with E-state index in [0.29, 0.717) is 36.0 Å². The second kappa shape index (κ2) is 9.88. The number of methoxy groups -OCH3 is 1. The van der Waals surface area contributed by atoms with Gasteiger partial charge in [-0.2, -0.15) is 5.10 Å². The first-order valence-corrected chi connectivity index (χ1v) is 8.16. The first-order valence-electron chi connectivity index (χ1n) is 8.16. The van der Waals surface area contributed by atoms with Crippen LogP contribution in [0, 0.1) is 0 Å². The molecule has 0 bridgehead atoms. The molecule has 26 heavy (non-hydrogen) atoms. The van der Waals surface area contributed by atoms with Gasteiger partial charge in [0.2, 0.25) is 0 Å². The Bertz CT molecular complexity index is 787. The predicted octanol–water partition coefficient (Wildman–Crippen LogP) is 3.42. The van der Waals surface area contributed by atoms with Crippen molar-refractivity contribution in [2.24, 2.45) is 5.10 Å². The van der Waals surface area contributed by atoms with Gasteiger partial charge < -0.3 is 14.2 Å². The van der Waals surface area contributed by atoms with Crippen molar-refractivity contribution in [3.05, 3.63) is 66.2 Å². The van der Waals surface area contributed by atoms with E-state index in [0.717, 1.165) is 5.56 Å². The van der Waals surface area contributed by atoms with Crippen LogP contribution in [0.25, 0.3) is 0 Å². The standard InChI is InChI=1S/C20H22N2O4/c1-4-12-26-18-11-10-15(13-19(18)25-5-2)20(23)22-21-14-16-8-6-7-9-17(16)24-3/h4,6-11,13-14H,1,5,12H2,2-3H3,(H,22,23)/b21-14+. The number of carbonyl (C=O) groups excluding carboxylic acids is 1. The summed E-state index contributed by atoms with van der Waals surface area (Å²) in [5.74, 6) is 1.37. The molecule has 6 nitrogen and oxygen atoms in total. The number of rotatable bonds is 9. The summed E-state index contributed by atoms with van der Waals surface area (Å²) in [6, 6.07) is 12.3. The van der Waals surface area contributed by atoms with Crippen molar-refractivity contribution in [3.8, 4) is 17.2 Å². The molecule has 0 aliphatic rings. The normalized spacial score (nSPS) is 10.4. The molecule has 1 N–H and O–H groups in total. The van der Waals surface area contributed by atoms with Crippen molar-refractivity contribution in [2.45, 2.75) is 6.92 Å². The molecular weight excluding hydrogens is 332 g/mol. The third-order valence-corrected chi connectivity index (χ3v) is 3.37. The molecule has 0 saturated carbocycles. The predicted molar refractivity (Wildman–Crippen MR) is 101 cm³/mol. The summed E-state index contributed by atoms with van der Waals surface area (Å²) in [6.07, 6.45) is 3.17. The Hall–Kier alpha value is -3.28. The van der Waals surface area contributed by atoms with Crippen LogP contribution >= 0.6 is 0 Å². The minimum absolute atomic E-state index is 0.354. The Kier molecular flexibility index (Phi) is 7.24. The van der Waals surface area contributed by atoms with Crippen LogP contribution in [0.4, 0.5) is 0 Å². The van der Waals surface area contributed by atoms with Crippen molar-refractivity contribution in [3.63, 3.8) is 0 Å². The van der Waals surface area contributed by atoms with Gasteiger partial charge in [-0.15, -0.1) is 0 Å². The van der Waals surface area contributed by atoms with Crippen LogP contribution in [0.5, 0.6) is 17.2 Å². The number of ether oxygens (including phenoxy) is 3. The SMILES string of the molecule is C=CCOc1ccc(C(=O)N/N=C/c2ccccc2OC)cc1OCC. The monoisotopic (exact) mass is 354 g/mol. The number of amides is 1. The van der Waals surface area contributed by atoms with E-state index in [-0.39, 0.29) is 5.91 Å². The topological polar surface area (TPSA) is 69.2 Å². The van der Waals surface area contributed by atoms with E-state index in [2.05, 4.69) is 17.1 Å². The molecule has 6 heteroatoms. The van der Waals surface area contributed by atoms with E-state index in [9.17, 15) is 4.79 Å². The van der Waals surface area contributed by atoms with Gasteiger partial charge in [-0.25, -0.2) is 5.43 Å². The first kappa shape index (κ1) is 19.1. The molecule has 0 unspecified atom stereocenters. The van der Waals surface area contributed by atoms with Crippen molar-refractivity contribution < 1.29 is 19.0 Å². The largest absolute Gasteiger partial charge is 0.496 e. The summed E-state index contributed by atoms with van der Waals surface area (Å²) in [7, 11) is 1.58. The highest BCUT2D eigenvalue weighted by Gasteiger charge is 2.11. The Morgan fingerprint density at radius 1 is 1.15 bits per heavy atom. The maximum atomic E-state index is 12.3. The minimum atomic E-state index is -0.354. The van der Waals surface area contributed by atoms with Gasteiger partial charge in [0.05, 0.1) is 19.9 Å². The van der Waals surface area contributed by atoms with Gasteiger partial charge in [-0.1, -0.05) is 24.8 Å². The molecule has 0 spiro atoms. The van der Waals surface area contributed by atoms with Crippen LogP contribution in [0.15, 0.2) is 60.2 Å². The summed E-state index contributed by atoms with van der Waals surface area (Å²) in [4.78, 5) is 12.3. The van der Waals surface area contributed by atoms with Crippen LogP contribution in [-0.2, 0) is 0 Å². The molecular formula is C20H22N2O4. The highest BCUT2D eigenvalue weighted by molar-refractivity contribution is 5.95. The van der Waals surface area contributed by atoms with Crippen molar-refractivity contribution in [2.75, 3.05) is 20.3 Å². The Morgan fingerprint density at radius 3 is 2.69 bits per heavy atom. The van der Waals surface area contributed by atoms with E-state index in [1.165, 1.54) is 6.21 Å². The Morgan fingerprint density at radius 2 is 1.96 bits per heavy atom. The van der Waals surface area contributed by atoms with E-state index in [1.807, 2.05) is 31.2 Å². The summed E-state index contributed by atoms with van der Waals surface area (Å²) in [5.41, 5.74) is 3.67. The average molecular weight is 354 g/mol. The number of para-hydroxylation sites is 1. The summed E-state index contributed by atoms with van der Waals surface area (Å²) < 4.78 is 16.3. The number of hydrogen-bond donors (Lipinski definition) is 1. The van der Waals surface area contributed by atoms with Crippen LogP contribution < -0.4 is 19.6 Å². The molecule has 2 rings (SSSR count). The summed E-state index contributed by atoms with van der Waals surface area (Å²) in [6.45, 7) is 6.29. The number of nitrogens with zero attached hydrogens (tertiary/aromatic N) is 1. The van der Waals surface area contributed by atoms with Crippen molar-refractivity contribution in [1.29, 1.82) is 0 Å². The van der Waals surface area contributed by atoms with Gasteiger partial charge in [-0.3, -0.25) is 4.79 Å². The molecule has 0 atom stereocenters. The third-order valence-electron chi connectivity index (χ3n) is 3.37. The molecule has 1 amide bonds. The van der Waals surface area contributed by atoms with Gasteiger partial charge >= 0.3 is 0 Å². The maximum Gasteiger partial charge on any atom is 0.271 e. The van der Waals surface area contributed by atoms with E-state index >= 15 is 0 Å². The fraction of sp³-hybridized carbons (Fsp3) is 0.200. The maximum absolute atomic E-state index is 12.3. The van der Waals surface area contributed by atoms with Crippen LogP contribution in [0.1, 0.15) is 22.8 Å².